The molecule has 0 N–H and O–H groups in total. The van der Waals surface area contributed by atoms with E-state index in [0.717, 1.165) is 26.4 Å². The Labute approximate surface area is 125 Å². The Bertz CT molecular complexity index is 570. The summed E-state index contributed by atoms with van der Waals surface area (Å²) in [5.74, 6) is 0.788. The summed E-state index contributed by atoms with van der Waals surface area (Å²) in [7, 11) is 0. The fourth-order valence-corrected chi connectivity index (χ4v) is 2.35. The molecule has 1 nitrogen and oxygen atoms in total. The maximum atomic E-state index is 6.12. The molecule has 94 valence electrons. The highest BCUT2D eigenvalue weighted by Crippen LogP contribution is 2.25. The van der Waals surface area contributed by atoms with Gasteiger partial charge in [0.1, 0.15) is 12.4 Å². The van der Waals surface area contributed by atoms with Crippen molar-refractivity contribution < 1.29 is 4.74 Å². The van der Waals surface area contributed by atoms with Crippen LogP contribution in [0.2, 0.25) is 10.0 Å². The number of rotatable bonds is 3. The van der Waals surface area contributed by atoms with E-state index in [1.165, 1.54) is 0 Å². The van der Waals surface area contributed by atoms with Crippen LogP contribution in [0.3, 0.4) is 0 Å². The Hall–Kier alpha value is -0.700. The van der Waals surface area contributed by atoms with Crippen molar-refractivity contribution in [1.82, 2.24) is 0 Å². The summed E-state index contributed by atoms with van der Waals surface area (Å²) < 4.78 is 6.65. The maximum Gasteiger partial charge on any atom is 0.120 e. The molecule has 0 aliphatic rings. The first kappa shape index (κ1) is 13.7. The van der Waals surface area contributed by atoms with Gasteiger partial charge in [-0.1, -0.05) is 45.2 Å². The van der Waals surface area contributed by atoms with E-state index in [0.29, 0.717) is 11.6 Å². The minimum absolute atomic E-state index is 0.438. The highest BCUT2D eigenvalue weighted by Gasteiger charge is 2.03. The molecule has 0 aliphatic heterocycles. The van der Waals surface area contributed by atoms with Crippen molar-refractivity contribution >= 4 is 39.1 Å². The van der Waals surface area contributed by atoms with Gasteiger partial charge in [-0.05, 0) is 42.8 Å². The fourth-order valence-electron chi connectivity index (χ4n) is 1.51. The van der Waals surface area contributed by atoms with E-state index in [2.05, 4.69) is 15.9 Å². The zero-order valence-corrected chi connectivity index (χ0v) is 12.8. The first-order chi connectivity index (χ1) is 8.56. The highest BCUT2D eigenvalue weighted by molar-refractivity contribution is 9.10. The number of halogens is 3. The molecule has 0 aromatic heterocycles. The average molecular weight is 346 g/mol. The number of hydrogen-bond acceptors (Lipinski definition) is 1. The van der Waals surface area contributed by atoms with Crippen molar-refractivity contribution in [2.24, 2.45) is 0 Å². The molecule has 18 heavy (non-hydrogen) atoms. The molecule has 0 aliphatic carbocycles. The summed E-state index contributed by atoms with van der Waals surface area (Å²) in [4.78, 5) is 0. The van der Waals surface area contributed by atoms with Gasteiger partial charge in [0.25, 0.3) is 0 Å². The van der Waals surface area contributed by atoms with Gasteiger partial charge in [0.2, 0.25) is 0 Å². The topological polar surface area (TPSA) is 9.23 Å². The van der Waals surface area contributed by atoms with Crippen LogP contribution in [0, 0.1) is 6.92 Å². The van der Waals surface area contributed by atoms with E-state index in [-0.39, 0.29) is 0 Å². The number of hydrogen-bond donors (Lipinski definition) is 0. The van der Waals surface area contributed by atoms with E-state index >= 15 is 0 Å². The van der Waals surface area contributed by atoms with E-state index in [1.54, 1.807) is 0 Å². The molecule has 0 radical (unpaired) electrons. The van der Waals surface area contributed by atoms with Crippen molar-refractivity contribution in [3.63, 3.8) is 0 Å². The third-order valence-electron chi connectivity index (χ3n) is 2.54. The molecule has 4 heteroatoms. The van der Waals surface area contributed by atoms with Crippen LogP contribution in [0.5, 0.6) is 5.75 Å². The zero-order valence-electron chi connectivity index (χ0n) is 9.71. The van der Waals surface area contributed by atoms with Gasteiger partial charge >= 0.3 is 0 Å². The molecule has 0 fully saturated rings. The van der Waals surface area contributed by atoms with Crippen LogP contribution in [0.1, 0.15) is 11.1 Å². The number of aryl methyl sites for hydroxylation is 1. The molecule has 0 atom stereocenters. The van der Waals surface area contributed by atoms with Crippen LogP contribution in [0.25, 0.3) is 0 Å². The maximum absolute atomic E-state index is 6.12. The molecule has 0 heterocycles. The van der Waals surface area contributed by atoms with Gasteiger partial charge in [0.05, 0.1) is 0 Å². The van der Waals surface area contributed by atoms with Crippen molar-refractivity contribution in [3.8, 4) is 5.75 Å². The normalized spacial score (nSPS) is 10.4. The van der Waals surface area contributed by atoms with Crippen LogP contribution in [-0.4, -0.2) is 0 Å². The third kappa shape index (κ3) is 3.41. The molecular formula is C14H11BrCl2O. The smallest absolute Gasteiger partial charge is 0.120 e. The summed E-state index contributed by atoms with van der Waals surface area (Å²) in [6, 6.07) is 11.3. The van der Waals surface area contributed by atoms with Gasteiger partial charge in [-0.3, -0.25) is 0 Å². The van der Waals surface area contributed by atoms with Crippen LogP contribution in [-0.2, 0) is 6.61 Å². The van der Waals surface area contributed by atoms with E-state index < -0.39 is 0 Å². The lowest BCUT2D eigenvalue weighted by Crippen LogP contribution is -1.96. The monoisotopic (exact) mass is 344 g/mol. The lowest BCUT2D eigenvalue weighted by molar-refractivity contribution is 0.306. The second kappa shape index (κ2) is 5.96. The van der Waals surface area contributed by atoms with Gasteiger partial charge < -0.3 is 4.74 Å². The molecular weight excluding hydrogens is 335 g/mol. The Morgan fingerprint density at radius 1 is 1.06 bits per heavy atom. The number of benzene rings is 2. The minimum atomic E-state index is 0.438. The van der Waals surface area contributed by atoms with Crippen molar-refractivity contribution in [3.05, 3.63) is 62.0 Å². The Morgan fingerprint density at radius 2 is 1.83 bits per heavy atom. The first-order valence-corrected chi connectivity index (χ1v) is 6.94. The molecule has 2 aromatic carbocycles. The molecule has 0 spiro atoms. The van der Waals surface area contributed by atoms with Gasteiger partial charge in [0, 0.05) is 20.1 Å². The van der Waals surface area contributed by atoms with Crippen LogP contribution in [0.15, 0.2) is 40.9 Å². The third-order valence-corrected chi connectivity index (χ3v) is 3.81. The Kier molecular flexibility index (Phi) is 4.55. The second-order valence-corrected chi connectivity index (χ2v) is 5.67. The molecule has 0 bridgehead atoms. The summed E-state index contributed by atoms with van der Waals surface area (Å²) in [5.41, 5.74) is 1.95. The number of ether oxygens (including phenoxy) is 1. The quantitative estimate of drug-likeness (QED) is 0.699. The summed E-state index contributed by atoms with van der Waals surface area (Å²) in [6.07, 6.45) is 0. The van der Waals surface area contributed by atoms with Crippen LogP contribution < -0.4 is 4.74 Å². The summed E-state index contributed by atoms with van der Waals surface area (Å²) >= 11 is 15.4. The van der Waals surface area contributed by atoms with E-state index in [1.807, 2.05) is 43.3 Å². The molecule has 0 saturated heterocycles. The average Bonchev–Trinajstić information content (AvgIpc) is 2.32. The molecule has 2 rings (SSSR count). The summed E-state index contributed by atoms with van der Waals surface area (Å²) in [5, 5.41) is 1.43. The van der Waals surface area contributed by atoms with Crippen LogP contribution >= 0.6 is 39.1 Å². The fraction of sp³-hybridized carbons (Fsp3) is 0.143. The highest BCUT2D eigenvalue weighted by atomic mass is 79.9. The predicted molar refractivity (Wildman–Crippen MR) is 79.7 cm³/mol. The molecule has 0 amide bonds. The van der Waals surface area contributed by atoms with Gasteiger partial charge in [-0.15, -0.1) is 0 Å². The van der Waals surface area contributed by atoms with Crippen molar-refractivity contribution in [2.45, 2.75) is 13.5 Å². The van der Waals surface area contributed by atoms with Gasteiger partial charge in [-0.25, -0.2) is 0 Å². The van der Waals surface area contributed by atoms with Gasteiger partial charge in [0.15, 0.2) is 0 Å². The first-order valence-electron chi connectivity index (χ1n) is 5.39. The zero-order chi connectivity index (χ0) is 13.1. The lowest BCUT2D eigenvalue weighted by atomic mass is 10.2. The molecule has 2 aromatic rings. The summed E-state index contributed by atoms with van der Waals surface area (Å²) in [6.45, 7) is 2.38. The second-order valence-electron chi connectivity index (χ2n) is 3.94. The predicted octanol–water partition coefficient (Wildman–Crippen LogP) is 5.64. The lowest BCUT2D eigenvalue weighted by Gasteiger charge is -2.09. The van der Waals surface area contributed by atoms with Crippen molar-refractivity contribution in [1.29, 1.82) is 0 Å². The largest absolute Gasteiger partial charge is 0.489 e. The SMILES string of the molecule is Cc1cc(OCc2ccc(Br)cc2Cl)ccc1Cl. The van der Waals surface area contributed by atoms with Crippen LogP contribution in [0.4, 0.5) is 0 Å². The standard InChI is InChI=1S/C14H11BrCl2O/c1-9-6-12(4-5-13(9)16)18-8-10-2-3-11(15)7-14(10)17/h2-7H,8H2,1H3. The van der Waals surface area contributed by atoms with E-state index in [9.17, 15) is 0 Å². The minimum Gasteiger partial charge on any atom is -0.489 e. The molecule has 0 saturated carbocycles. The Morgan fingerprint density at radius 3 is 2.50 bits per heavy atom. The Balaban J connectivity index is 2.09. The van der Waals surface area contributed by atoms with E-state index in [4.69, 9.17) is 27.9 Å². The van der Waals surface area contributed by atoms with Gasteiger partial charge in [-0.2, -0.15) is 0 Å². The molecule has 0 unspecified atom stereocenters. The van der Waals surface area contributed by atoms with Crippen molar-refractivity contribution in [2.75, 3.05) is 0 Å².